The van der Waals surface area contributed by atoms with Crippen molar-refractivity contribution in [2.75, 3.05) is 18.4 Å². The number of amides is 2. The van der Waals surface area contributed by atoms with Gasteiger partial charge in [-0.15, -0.1) is 11.3 Å². The summed E-state index contributed by atoms with van der Waals surface area (Å²) in [7, 11) is 0. The summed E-state index contributed by atoms with van der Waals surface area (Å²) in [6.45, 7) is 2.41. The molecule has 0 saturated heterocycles. The van der Waals surface area contributed by atoms with Crippen molar-refractivity contribution >= 4 is 52.0 Å². The molecular weight excluding hydrogens is 445 g/mol. The third-order valence-corrected chi connectivity index (χ3v) is 5.47. The topological polar surface area (TPSA) is 71.5 Å². The third-order valence-electron chi connectivity index (χ3n) is 4.20. The summed E-state index contributed by atoms with van der Waals surface area (Å²) in [5, 5.41) is 5.25. The smallest absolute Gasteiger partial charge is 0.254 e. The van der Waals surface area contributed by atoms with Gasteiger partial charge in [0.1, 0.15) is 18.9 Å². The number of nitrogens with one attached hydrogen (secondary N) is 1. The van der Waals surface area contributed by atoms with Crippen LogP contribution in [-0.2, 0) is 11.4 Å². The molecule has 3 rings (SSSR count). The predicted molar refractivity (Wildman–Crippen MR) is 120 cm³/mol. The Morgan fingerprint density at radius 1 is 1.13 bits per heavy atom. The molecule has 2 aromatic carbocycles. The highest BCUT2D eigenvalue weighted by molar-refractivity contribution is 7.07. The number of rotatable bonds is 8. The van der Waals surface area contributed by atoms with Crippen molar-refractivity contribution < 1.29 is 14.3 Å². The van der Waals surface area contributed by atoms with E-state index in [1.54, 1.807) is 54.9 Å². The molecule has 1 heterocycles. The zero-order valence-corrected chi connectivity index (χ0v) is 18.4. The van der Waals surface area contributed by atoms with Gasteiger partial charge in [-0.25, -0.2) is 4.98 Å². The van der Waals surface area contributed by atoms with Crippen molar-refractivity contribution in [1.29, 1.82) is 0 Å². The van der Waals surface area contributed by atoms with Crippen LogP contribution < -0.4 is 10.1 Å². The number of benzene rings is 2. The lowest BCUT2D eigenvalue weighted by Gasteiger charge is -2.21. The quantitative estimate of drug-likeness (QED) is 0.502. The molecule has 9 heteroatoms. The Kier molecular flexibility index (Phi) is 7.68. The number of hydrogen-bond acceptors (Lipinski definition) is 5. The highest BCUT2D eigenvalue weighted by atomic mass is 35.5. The molecule has 3 aromatic rings. The number of nitrogens with zero attached hydrogens (tertiary/aromatic N) is 2. The van der Waals surface area contributed by atoms with E-state index in [2.05, 4.69) is 10.3 Å². The zero-order valence-electron chi connectivity index (χ0n) is 16.1. The van der Waals surface area contributed by atoms with Crippen LogP contribution in [0, 0.1) is 0 Å². The molecule has 0 spiro atoms. The Morgan fingerprint density at radius 3 is 2.43 bits per heavy atom. The molecule has 0 saturated carbocycles. The first-order valence-corrected chi connectivity index (χ1v) is 10.8. The van der Waals surface area contributed by atoms with E-state index in [1.807, 2.05) is 5.38 Å². The maximum atomic E-state index is 12.8. The van der Waals surface area contributed by atoms with Crippen LogP contribution in [0.25, 0.3) is 0 Å². The molecule has 156 valence electrons. The van der Waals surface area contributed by atoms with Gasteiger partial charge in [0.05, 0.1) is 26.9 Å². The fourth-order valence-corrected chi connectivity index (χ4v) is 3.67. The number of thiazole rings is 1. The lowest BCUT2D eigenvalue weighted by molar-refractivity contribution is -0.116. The monoisotopic (exact) mass is 463 g/mol. The minimum absolute atomic E-state index is 0.126. The number of hydrogen-bond donors (Lipinski definition) is 1. The largest absolute Gasteiger partial charge is 0.487 e. The van der Waals surface area contributed by atoms with E-state index in [4.69, 9.17) is 27.9 Å². The van der Waals surface area contributed by atoms with Crippen LogP contribution >= 0.6 is 34.5 Å². The van der Waals surface area contributed by atoms with Crippen LogP contribution in [-0.4, -0.2) is 34.8 Å². The number of carbonyl (C=O) groups is 2. The van der Waals surface area contributed by atoms with Crippen LogP contribution in [0.3, 0.4) is 0 Å². The second-order valence-corrected chi connectivity index (χ2v) is 7.79. The highest BCUT2D eigenvalue weighted by Gasteiger charge is 2.19. The van der Waals surface area contributed by atoms with Crippen molar-refractivity contribution in [3.8, 4) is 5.75 Å². The number of halogens is 2. The number of anilines is 1. The molecule has 0 bridgehead atoms. The van der Waals surface area contributed by atoms with E-state index in [0.717, 1.165) is 5.69 Å². The Bertz CT molecular complexity index is 991. The van der Waals surface area contributed by atoms with Crippen LogP contribution in [0.1, 0.15) is 23.0 Å². The predicted octanol–water partition coefficient (Wildman–Crippen LogP) is 5.13. The lowest BCUT2D eigenvalue weighted by Crippen LogP contribution is -2.37. The molecule has 0 atom stereocenters. The SMILES string of the molecule is CCN(CC(=O)Nc1c(Cl)cccc1Cl)C(=O)c1ccc(OCc2cscn2)cc1. The number of ether oxygens (including phenoxy) is 1. The first-order chi connectivity index (χ1) is 14.5. The Balaban J connectivity index is 1.60. The number of likely N-dealkylation sites (N-methyl/N-ethyl adjacent to an activating group) is 1. The fraction of sp³-hybridized carbons (Fsp3) is 0.190. The third kappa shape index (κ3) is 5.72. The van der Waals surface area contributed by atoms with Crippen molar-refractivity contribution in [3.63, 3.8) is 0 Å². The van der Waals surface area contributed by atoms with Gasteiger partial charge in [0.25, 0.3) is 5.91 Å². The zero-order chi connectivity index (χ0) is 21.5. The molecule has 0 aliphatic heterocycles. The molecule has 0 aliphatic rings. The van der Waals surface area contributed by atoms with E-state index < -0.39 is 0 Å². The van der Waals surface area contributed by atoms with Crippen LogP contribution in [0.4, 0.5) is 5.69 Å². The van der Waals surface area contributed by atoms with Gasteiger partial charge in [0.15, 0.2) is 0 Å². The summed E-state index contributed by atoms with van der Waals surface area (Å²) >= 11 is 13.7. The highest BCUT2D eigenvalue weighted by Crippen LogP contribution is 2.29. The molecule has 2 amide bonds. The summed E-state index contributed by atoms with van der Waals surface area (Å²) in [5.41, 5.74) is 3.38. The molecular formula is C21H19Cl2N3O3S. The summed E-state index contributed by atoms with van der Waals surface area (Å²) in [5.74, 6) is -0.0129. The first-order valence-electron chi connectivity index (χ1n) is 9.11. The molecule has 0 unspecified atom stereocenters. The molecule has 1 N–H and O–H groups in total. The van der Waals surface area contributed by atoms with Crippen molar-refractivity contribution in [2.45, 2.75) is 13.5 Å². The Hall–Kier alpha value is -2.61. The van der Waals surface area contributed by atoms with Gasteiger partial charge in [0, 0.05) is 17.5 Å². The van der Waals surface area contributed by atoms with Gasteiger partial charge in [0.2, 0.25) is 5.91 Å². The second kappa shape index (κ2) is 10.4. The molecule has 0 fully saturated rings. The number of aromatic nitrogens is 1. The summed E-state index contributed by atoms with van der Waals surface area (Å²) in [4.78, 5) is 30.8. The normalized spacial score (nSPS) is 10.5. The van der Waals surface area contributed by atoms with Gasteiger partial charge in [-0.05, 0) is 43.3 Å². The standard InChI is InChI=1S/C21H19Cl2N3O3S/c1-2-26(10-19(27)25-20-17(22)4-3-5-18(20)23)21(28)14-6-8-16(9-7-14)29-11-15-12-30-13-24-15/h3-9,12-13H,2,10-11H2,1H3,(H,25,27). The van der Waals surface area contributed by atoms with Gasteiger partial charge in [-0.3, -0.25) is 9.59 Å². The summed E-state index contributed by atoms with van der Waals surface area (Å²) in [6, 6.07) is 11.7. The molecule has 6 nitrogen and oxygen atoms in total. The fourth-order valence-electron chi connectivity index (χ4n) is 2.64. The van der Waals surface area contributed by atoms with Gasteiger partial charge in [-0.2, -0.15) is 0 Å². The summed E-state index contributed by atoms with van der Waals surface area (Å²) in [6.07, 6.45) is 0. The van der Waals surface area contributed by atoms with Gasteiger partial charge < -0.3 is 15.0 Å². The van der Waals surface area contributed by atoms with Crippen molar-refractivity contribution in [1.82, 2.24) is 9.88 Å². The van der Waals surface area contributed by atoms with E-state index in [1.165, 1.54) is 16.2 Å². The van der Waals surface area contributed by atoms with Crippen molar-refractivity contribution in [2.24, 2.45) is 0 Å². The number of carbonyl (C=O) groups excluding carboxylic acids is 2. The maximum absolute atomic E-state index is 12.8. The lowest BCUT2D eigenvalue weighted by atomic mass is 10.2. The average molecular weight is 464 g/mol. The van der Waals surface area contributed by atoms with Crippen LogP contribution in [0.15, 0.2) is 53.4 Å². The molecule has 30 heavy (non-hydrogen) atoms. The summed E-state index contributed by atoms with van der Waals surface area (Å²) < 4.78 is 5.66. The van der Waals surface area contributed by atoms with Crippen molar-refractivity contribution in [3.05, 3.63) is 74.7 Å². The van der Waals surface area contributed by atoms with Crippen LogP contribution in [0.5, 0.6) is 5.75 Å². The van der Waals surface area contributed by atoms with Gasteiger partial charge in [-0.1, -0.05) is 29.3 Å². The van der Waals surface area contributed by atoms with E-state index >= 15 is 0 Å². The maximum Gasteiger partial charge on any atom is 0.254 e. The second-order valence-electron chi connectivity index (χ2n) is 6.26. The minimum Gasteiger partial charge on any atom is -0.487 e. The Morgan fingerprint density at radius 2 is 1.83 bits per heavy atom. The van der Waals surface area contributed by atoms with E-state index in [-0.39, 0.29) is 18.4 Å². The minimum atomic E-state index is -0.386. The molecule has 1 aromatic heterocycles. The molecule has 0 aliphatic carbocycles. The van der Waals surface area contributed by atoms with Crippen LogP contribution in [0.2, 0.25) is 10.0 Å². The average Bonchev–Trinajstić information content (AvgIpc) is 3.27. The van der Waals surface area contributed by atoms with Gasteiger partial charge >= 0.3 is 0 Å². The first kappa shape index (κ1) is 22.1. The van der Waals surface area contributed by atoms with E-state index in [0.29, 0.717) is 40.2 Å². The molecule has 0 radical (unpaired) electrons. The number of para-hydroxylation sites is 1. The Labute approximate surface area is 188 Å². The van der Waals surface area contributed by atoms with E-state index in [9.17, 15) is 9.59 Å².